The maximum atomic E-state index is 11.3. The minimum atomic E-state index is -0.661. The van der Waals surface area contributed by atoms with Crippen LogP contribution >= 0.6 is 11.3 Å². The van der Waals surface area contributed by atoms with E-state index in [1.807, 2.05) is 18.5 Å². The van der Waals surface area contributed by atoms with Crippen LogP contribution in [0, 0.1) is 12.8 Å². The highest BCUT2D eigenvalue weighted by molar-refractivity contribution is 7.10. The van der Waals surface area contributed by atoms with E-state index in [4.69, 9.17) is 0 Å². The van der Waals surface area contributed by atoms with Crippen molar-refractivity contribution in [2.75, 3.05) is 13.1 Å². The highest BCUT2D eigenvalue weighted by Crippen LogP contribution is 2.36. The fourth-order valence-corrected chi connectivity index (χ4v) is 4.89. The van der Waals surface area contributed by atoms with Gasteiger partial charge < -0.3 is 5.11 Å². The van der Waals surface area contributed by atoms with E-state index in [-0.39, 0.29) is 12.0 Å². The SMILES string of the molecule is Cc1csc(C(c2ccc3cnccc3c2)N2CCC(C(=O)O)CC2)c1. The summed E-state index contributed by atoms with van der Waals surface area (Å²) in [7, 11) is 0. The molecule has 0 radical (unpaired) electrons. The molecular weight excluding hydrogens is 344 g/mol. The molecule has 1 fully saturated rings. The van der Waals surface area contributed by atoms with E-state index >= 15 is 0 Å². The Hall–Kier alpha value is -2.24. The number of aromatic nitrogens is 1. The van der Waals surface area contributed by atoms with E-state index in [1.54, 1.807) is 11.3 Å². The van der Waals surface area contributed by atoms with Crippen LogP contribution in [0.4, 0.5) is 0 Å². The van der Waals surface area contributed by atoms with Crippen LogP contribution in [0.25, 0.3) is 10.8 Å². The van der Waals surface area contributed by atoms with Crippen molar-refractivity contribution in [3.63, 3.8) is 0 Å². The van der Waals surface area contributed by atoms with Crippen molar-refractivity contribution in [1.82, 2.24) is 9.88 Å². The Morgan fingerprint density at radius 3 is 2.73 bits per heavy atom. The van der Waals surface area contributed by atoms with E-state index < -0.39 is 5.97 Å². The smallest absolute Gasteiger partial charge is 0.306 e. The Balaban J connectivity index is 1.70. The topological polar surface area (TPSA) is 53.4 Å². The number of pyridine rings is 1. The Labute approximate surface area is 157 Å². The fourth-order valence-electron chi connectivity index (χ4n) is 3.83. The number of aryl methyl sites for hydroxylation is 1. The van der Waals surface area contributed by atoms with Crippen LogP contribution in [-0.4, -0.2) is 34.0 Å². The van der Waals surface area contributed by atoms with E-state index in [9.17, 15) is 9.90 Å². The molecule has 0 aliphatic carbocycles. The van der Waals surface area contributed by atoms with Gasteiger partial charge in [0.15, 0.2) is 0 Å². The van der Waals surface area contributed by atoms with E-state index in [0.717, 1.165) is 18.5 Å². The first-order valence-electron chi connectivity index (χ1n) is 8.97. The van der Waals surface area contributed by atoms with Crippen molar-refractivity contribution in [3.05, 3.63) is 64.1 Å². The van der Waals surface area contributed by atoms with Crippen LogP contribution in [0.1, 0.15) is 34.9 Å². The molecule has 1 unspecified atom stereocenters. The van der Waals surface area contributed by atoms with Gasteiger partial charge in [-0.1, -0.05) is 12.1 Å². The van der Waals surface area contributed by atoms with Crippen LogP contribution in [0.3, 0.4) is 0 Å². The standard InChI is InChI=1S/C21H22N2O2S/c1-14-10-19(26-13-14)20(23-8-5-15(6-9-23)21(24)25)17-2-3-18-12-22-7-4-16(18)11-17/h2-4,7,10-13,15,20H,5-6,8-9H2,1H3,(H,24,25). The number of thiophene rings is 1. The van der Waals surface area contributed by atoms with Gasteiger partial charge in [-0.2, -0.15) is 0 Å². The molecule has 1 N–H and O–H groups in total. The van der Waals surface area contributed by atoms with Crippen molar-refractivity contribution in [2.45, 2.75) is 25.8 Å². The summed E-state index contributed by atoms with van der Waals surface area (Å²) in [5.74, 6) is -0.869. The second-order valence-corrected chi connectivity index (χ2v) is 8.00. The predicted octanol–water partition coefficient (Wildman–Crippen LogP) is 4.49. The number of aliphatic carboxylic acids is 1. The average Bonchev–Trinajstić information content (AvgIpc) is 3.08. The Morgan fingerprint density at radius 1 is 1.23 bits per heavy atom. The second-order valence-electron chi connectivity index (χ2n) is 7.06. The molecule has 5 heteroatoms. The number of hydrogen-bond donors (Lipinski definition) is 1. The number of fused-ring (bicyclic) bond motifs is 1. The molecule has 2 aromatic heterocycles. The van der Waals surface area contributed by atoms with E-state index in [1.165, 1.54) is 21.4 Å². The normalized spacial score (nSPS) is 17.4. The summed E-state index contributed by atoms with van der Waals surface area (Å²) < 4.78 is 0. The summed E-state index contributed by atoms with van der Waals surface area (Å²) in [4.78, 5) is 19.3. The van der Waals surface area contributed by atoms with Gasteiger partial charge in [-0.25, -0.2) is 0 Å². The molecule has 1 aliphatic rings. The minimum Gasteiger partial charge on any atom is -0.481 e. The number of piperidine rings is 1. The summed E-state index contributed by atoms with van der Waals surface area (Å²) >= 11 is 1.79. The van der Waals surface area contributed by atoms with E-state index in [2.05, 4.69) is 46.5 Å². The molecule has 3 heterocycles. The molecule has 0 saturated carbocycles. The van der Waals surface area contributed by atoms with Gasteiger partial charge in [-0.15, -0.1) is 11.3 Å². The number of likely N-dealkylation sites (tertiary alicyclic amines) is 1. The van der Waals surface area contributed by atoms with Crippen molar-refractivity contribution in [1.29, 1.82) is 0 Å². The maximum Gasteiger partial charge on any atom is 0.306 e. The molecule has 26 heavy (non-hydrogen) atoms. The number of benzene rings is 1. The van der Waals surface area contributed by atoms with Gasteiger partial charge in [-0.3, -0.25) is 14.7 Å². The molecule has 1 aromatic carbocycles. The summed E-state index contributed by atoms with van der Waals surface area (Å²) in [6, 6.07) is 11.1. The summed E-state index contributed by atoms with van der Waals surface area (Å²) in [6.45, 7) is 3.75. The lowest BCUT2D eigenvalue weighted by atomic mass is 9.93. The zero-order valence-corrected chi connectivity index (χ0v) is 15.6. The zero-order valence-electron chi connectivity index (χ0n) is 14.8. The molecule has 1 aliphatic heterocycles. The Kier molecular flexibility index (Phi) is 4.74. The first-order valence-corrected chi connectivity index (χ1v) is 9.85. The largest absolute Gasteiger partial charge is 0.481 e. The van der Waals surface area contributed by atoms with E-state index in [0.29, 0.717) is 12.8 Å². The van der Waals surface area contributed by atoms with Crippen LogP contribution in [0.15, 0.2) is 48.1 Å². The van der Waals surface area contributed by atoms with Gasteiger partial charge in [0.1, 0.15) is 0 Å². The number of hydrogen-bond acceptors (Lipinski definition) is 4. The predicted molar refractivity (Wildman–Crippen MR) is 105 cm³/mol. The third kappa shape index (κ3) is 3.37. The van der Waals surface area contributed by atoms with Gasteiger partial charge >= 0.3 is 5.97 Å². The highest BCUT2D eigenvalue weighted by Gasteiger charge is 2.30. The quantitative estimate of drug-likeness (QED) is 0.739. The molecule has 1 atom stereocenters. The Morgan fingerprint density at radius 2 is 2.04 bits per heavy atom. The van der Waals surface area contributed by atoms with Crippen LogP contribution < -0.4 is 0 Å². The van der Waals surface area contributed by atoms with Crippen molar-refractivity contribution < 1.29 is 9.90 Å². The average molecular weight is 366 g/mol. The number of nitrogens with zero attached hydrogens (tertiary/aromatic N) is 2. The number of carboxylic acids is 1. The van der Waals surface area contributed by atoms with Crippen LogP contribution in [0.2, 0.25) is 0 Å². The third-order valence-corrected chi connectivity index (χ3v) is 6.35. The van der Waals surface area contributed by atoms with Crippen LogP contribution in [-0.2, 0) is 4.79 Å². The van der Waals surface area contributed by atoms with Crippen molar-refractivity contribution in [2.24, 2.45) is 5.92 Å². The molecule has 0 spiro atoms. The van der Waals surface area contributed by atoms with Crippen molar-refractivity contribution in [3.8, 4) is 0 Å². The van der Waals surface area contributed by atoms with Crippen LogP contribution in [0.5, 0.6) is 0 Å². The monoisotopic (exact) mass is 366 g/mol. The zero-order chi connectivity index (χ0) is 18.1. The van der Waals surface area contributed by atoms with Crippen molar-refractivity contribution >= 4 is 28.1 Å². The molecule has 0 bridgehead atoms. The molecule has 4 rings (SSSR count). The second kappa shape index (κ2) is 7.17. The minimum absolute atomic E-state index is 0.181. The van der Waals surface area contributed by atoms with Gasteiger partial charge in [-0.05, 0) is 72.9 Å². The molecule has 134 valence electrons. The summed E-state index contributed by atoms with van der Waals surface area (Å²) in [6.07, 6.45) is 5.15. The number of carboxylic acid groups (broad SMARTS) is 1. The number of rotatable bonds is 4. The third-order valence-electron chi connectivity index (χ3n) is 5.24. The lowest BCUT2D eigenvalue weighted by Gasteiger charge is -2.36. The van der Waals surface area contributed by atoms with Gasteiger partial charge in [0.2, 0.25) is 0 Å². The molecule has 0 amide bonds. The summed E-state index contributed by atoms with van der Waals surface area (Å²) in [5.41, 5.74) is 2.54. The first kappa shape index (κ1) is 17.2. The summed E-state index contributed by atoms with van der Waals surface area (Å²) in [5, 5.41) is 13.8. The lowest BCUT2D eigenvalue weighted by Crippen LogP contribution is -2.39. The molecule has 1 saturated heterocycles. The molecular formula is C21H22N2O2S. The maximum absolute atomic E-state index is 11.3. The molecule has 3 aromatic rings. The van der Waals surface area contributed by atoms with Gasteiger partial charge in [0.05, 0.1) is 12.0 Å². The first-order chi connectivity index (χ1) is 12.6. The highest BCUT2D eigenvalue weighted by atomic mass is 32.1. The molecule has 4 nitrogen and oxygen atoms in total. The van der Waals surface area contributed by atoms with Gasteiger partial charge in [0.25, 0.3) is 0 Å². The van der Waals surface area contributed by atoms with Gasteiger partial charge in [0, 0.05) is 22.7 Å². The number of carbonyl (C=O) groups is 1. The lowest BCUT2D eigenvalue weighted by molar-refractivity contribution is -0.143. The fraction of sp³-hybridized carbons (Fsp3) is 0.333. The Bertz CT molecular complexity index is 928.